The van der Waals surface area contributed by atoms with Crippen LogP contribution in [0.3, 0.4) is 0 Å². The number of hydrogen-bond donors (Lipinski definition) is 1. The lowest BCUT2D eigenvalue weighted by Gasteiger charge is -2.30. The first-order valence-electron chi connectivity index (χ1n) is 10.2. The maximum absolute atomic E-state index is 13.1. The van der Waals surface area contributed by atoms with Crippen molar-refractivity contribution < 1.29 is 19.4 Å². The topological polar surface area (TPSA) is 79.7 Å². The number of Topliss-reactive ketones (excluding diaryl/α,β-unsaturated/α-hetero) is 1. The van der Waals surface area contributed by atoms with E-state index in [9.17, 15) is 14.7 Å². The molecule has 1 aromatic heterocycles. The normalized spacial score (nSPS) is 21.4. The smallest absolute Gasteiger partial charge is 0.295 e. The molecule has 7 heteroatoms. The fourth-order valence-electron chi connectivity index (χ4n) is 4.37. The molecule has 1 N–H and O–H groups in total. The molecule has 30 heavy (non-hydrogen) atoms. The molecular formula is C23H23ClN2O4. The Morgan fingerprint density at radius 3 is 2.57 bits per heavy atom. The first-order chi connectivity index (χ1) is 14.5. The second-order valence-corrected chi connectivity index (χ2v) is 7.91. The average molecular weight is 427 g/mol. The highest BCUT2D eigenvalue weighted by atomic mass is 35.5. The third-order valence-corrected chi connectivity index (χ3v) is 6.05. The van der Waals surface area contributed by atoms with Gasteiger partial charge in [-0.25, -0.2) is 0 Å². The van der Waals surface area contributed by atoms with Gasteiger partial charge in [-0.05, 0) is 55.7 Å². The van der Waals surface area contributed by atoms with Crippen LogP contribution in [-0.4, -0.2) is 39.3 Å². The molecule has 156 valence electrons. The van der Waals surface area contributed by atoms with Gasteiger partial charge in [0, 0.05) is 24.0 Å². The van der Waals surface area contributed by atoms with Crippen molar-refractivity contribution in [2.45, 2.75) is 44.7 Å². The number of ketones is 1. The Hall–Kier alpha value is -2.86. The Labute approximate surface area is 180 Å². The van der Waals surface area contributed by atoms with Crippen molar-refractivity contribution in [1.29, 1.82) is 0 Å². The van der Waals surface area contributed by atoms with Gasteiger partial charge < -0.3 is 14.7 Å². The minimum absolute atomic E-state index is 0.0323. The lowest BCUT2D eigenvalue weighted by molar-refractivity contribution is -0.141. The van der Waals surface area contributed by atoms with Crippen LogP contribution in [0.15, 0.2) is 48.3 Å². The van der Waals surface area contributed by atoms with Crippen LogP contribution in [0.2, 0.25) is 5.02 Å². The Bertz CT molecular complexity index is 1000. The van der Waals surface area contributed by atoms with E-state index < -0.39 is 17.7 Å². The number of rotatable bonds is 5. The van der Waals surface area contributed by atoms with Crippen LogP contribution in [0.4, 0.5) is 0 Å². The zero-order valence-corrected chi connectivity index (χ0v) is 17.4. The minimum atomic E-state index is -0.695. The van der Waals surface area contributed by atoms with Crippen molar-refractivity contribution in [3.05, 3.63) is 64.4 Å². The van der Waals surface area contributed by atoms with E-state index in [0.29, 0.717) is 12.4 Å². The number of halogens is 1. The number of aliphatic hydroxyl groups is 1. The molecule has 1 aromatic carbocycles. The third kappa shape index (κ3) is 3.56. The van der Waals surface area contributed by atoms with Crippen molar-refractivity contribution in [3.63, 3.8) is 0 Å². The van der Waals surface area contributed by atoms with E-state index in [1.807, 2.05) is 6.92 Å². The molecule has 0 radical (unpaired) electrons. The third-order valence-electron chi connectivity index (χ3n) is 5.72. The van der Waals surface area contributed by atoms with Crippen LogP contribution >= 0.6 is 11.6 Å². The first-order valence-corrected chi connectivity index (χ1v) is 10.5. The lowest BCUT2D eigenvalue weighted by Crippen LogP contribution is -2.37. The summed E-state index contributed by atoms with van der Waals surface area (Å²) in [6, 6.07) is 7.72. The number of carbonyl (C=O) groups excluding carboxylic acids is 2. The van der Waals surface area contributed by atoms with Gasteiger partial charge in [0.25, 0.3) is 11.7 Å². The van der Waals surface area contributed by atoms with Crippen LogP contribution in [0, 0.1) is 0 Å². The molecule has 2 fully saturated rings. The summed E-state index contributed by atoms with van der Waals surface area (Å²) < 4.78 is 5.51. The fourth-order valence-corrected chi connectivity index (χ4v) is 4.58. The number of pyridine rings is 1. The van der Waals surface area contributed by atoms with E-state index in [2.05, 4.69) is 4.98 Å². The number of hydrogen-bond acceptors (Lipinski definition) is 5. The molecule has 1 unspecified atom stereocenters. The number of aliphatic hydroxyl groups excluding tert-OH is 1. The molecule has 0 bridgehead atoms. The monoisotopic (exact) mass is 426 g/mol. The summed E-state index contributed by atoms with van der Waals surface area (Å²) in [5, 5.41) is 11.5. The van der Waals surface area contributed by atoms with E-state index >= 15 is 0 Å². The Morgan fingerprint density at radius 1 is 1.20 bits per heavy atom. The fraction of sp³-hybridized carbons (Fsp3) is 0.348. The molecule has 4 rings (SSSR count). The van der Waals surface area contributed by atoms with Gasteiger partial charge >= 0.3 is 0 Å². The predicted molar refractivity (Wildman–Crippen MR) is 113 cm³/mol. The molecule has 1 saturated carbocycles. The van der Waals surface area contributed by atoms with Gasteiger partial charge in [-0.15, -0.1) is 0 Å². The van der Waals surface area contributed by atoms with Crippen LogP contribution in [0.1, 0.15) is 49.8 Å². The summed E-state index contributed by atoms with van der Waals surface area (Å²) in [5.41, 5.74) is 1.05. The van der Waals surface area contributed by atoms with Gasteiger partial charge in [-0.3, -0.25) is 14.6 Å². The highest BCUT2D eigenvalue weighted by Gasteiger charge is 2.49. The summed E-state index contributed by atoms with van der Waals surface area (Å²) in [5.74, 6) is -1.04. The average Bonchev–Trinajstić information content (AvgIpc) is 3.37. The molecule has 1 saturated heterocycles. The van der Waals surface area contributed by atoms with E-state index in [4.69, 9.17) is 16.3 Å². The van der Waals surface area contributed by atoms with Crippen molar-refractivity contribution in [3.8, 4) is 5.75 Å². The van der Waals surface area contributed by atoms with Gasteiger partial charge in [0.15, 0.2) is 0 Å². The summed E-state index contributed by atoms with van der Waals surface area (Å²) in [6.07, 6.45) is 6.95. The quantitative estimate of drug-likeness (QED) is 0.432. The summed E-state index contributed by atoms with van der Waals surface area (Å²) in [4.78, 5) is 31.8. The number of benzene rings is 1. The Morgan fingerprint density at radius 2 is 1.90 bits per heavy atom. The minimum Gasteiger partial charge on any atom is -0.507 e. The number of nitrogens with zero attached hydrogens (tertiary/aromatic N) is 2. The number of carbonyl (C=O) groups is 2. The van der Waals surface area contributed by atoms with Gasteiger partial charge in [0.05, 0.1) is 23.2 Å². The largest absolute Gasteiger partial charge is 0.507 e. The van der Waals surface area contributed by atoms with E-state index in [1.54, 1.807) is 47.6 Å². The van der Waals surface area contributed by atoms with Crippen molar-refractivity contribution in [2.75, 3.05) is 6.61 Å². The van der Waals surface area contributed by atoms with Crippen LogP contribution in [0.25, 0.3) is 5.76 Å². The predicted octanol–water partition coefficient (Wildman–Crippen LogP) is 4.50. The van der Waals surface area contributed by atoms with Crippen LogP contribution in [-0.2, 0) is 9.59 Å². The Kier molecular flexibility index (Phi) is 5.77. The maximum atomic E-state index is 13.1. The molecule has 2 heterocycles. The summed E-state index contributed by atoms with van der Waals surface area (Å²) in [6.45, 7) is 2.30. The van der Waals surface area contributed by atoms with Crippen molar-refractivity contribution in [1.82, 2.24) is 9.88 Å². The van der Waals surface area contributed by atoms with Gasteiger partial charge in [0.1, 0.15) is 11.5 Å². The van der Waals surface area contributed by atoms with Crippen LogP contribution in [0.5, 0.6) is 5.75 Å². The standard InChI is InChI=1S/C23H23ClN2O4/c1-2-30-16-7-8-18(24)17(13-16)21(27)19-20(14-9-11-25-12-10-14)26(23(29)22(19)28)15-5-3-4-6-15/h7-13,15,20,27H,2-6H2,1H3/b21-19+. The molecule has 0 spiro atoms. The molecule has 1 aliphatic carbocycles. The summed E-state index contributed by atoms with van der Waals surface area (Å²) in [7, 11) is 0. The number of likely N-dealkylation sites (tertiary alicyclic amines) is 1. The SMILES string of the molecule is CCOc1ccc(Cl)c(/C(O)=C2\C(=O)C(=O)N(C3CCCC3)C2c2ccncc2)c1. The number of amides is 1. The maximum Gasteiger partial charge on any atom is 0.295 e. The van der Waals surface area contributed by atoms with Gasteiger partial charge in [-0.2, -0.15) is 0 Å². The number of ether oxygens (including phenoxy) is 1. The van der Waals surface area contributed by atoms with Gasteiger partial charge in [-0.1, -0.05) is 24.4 Å². The second-order valence-electron chi connectivity index (χ2n) is 7.50. The molecule has 2 aromatic rings. The van der Waals surface area contributed by atoms with E-state index in [0.717, 1.165) is 31.2 Å². The second kappa shape index (κ2) is 8.48. The first kappa shape index (κ1) is 20.4. The van der Waals surface area contributed by atoms with Crippen molar-refractivity contribution in [2.24, 2.45) is 0 Å². The molecular weight excluding hydrogens is 404 g/mol. The molecule has 1 amide bonds. The summed E-state index contributed by atoms with van der Waals surface area (Å²) >= 11 is 6.34. The lowest BCUT2D eigenvalue weighted by atomic mass is 9.95. The zero-order chi connectivity index (χ0) is 21.3. The zero-order valence-electron chi connectivity index (χ0n) is 16.7. The van der Waals surface area contributed by atoms with E-state index in [-0.39, 0.29) is 28.0 Å². The van der Waals surface area contributed by atoms with Crippen LogP contribution < -0.4 is 4.74 Å². The van der Waals surface area contributed by atoms with Crippen molar-refractivity contribution >= 4 is 29.1 Å². The molecule has 6 nitrogen and oxygen atoms in total. The molecule has 1 aliphatic heterocycles. The molecule has 1 atom stereocenters. The Balaban J connectivity index is 1.88. The highest BCUT2D eigenvalue weighted by molar-refractivity contribution is 6.47. The number of aromatic nitrogens is 1. The van der Waals surface area contributed by atoms with Gasteiger partial charge in [0.2, 0.25) is 0 Å². The molecule has 2 aliphatic rings. The highest BCUT2D eigenvalue weighted by Crippen LogP contribution is 2.44. The van der Waals surface area contributed by atoms with E-state index in [1.165, 1.54) is 0 Å².